The molecule has 176 valence electrons. The summed E-state index contributed by atoms with van der Waals surface area (Å²) in [7, 11) is -2.02. The standard InChI is InChI=1S/C24H29N3O5S/c1-32-22-11-10-21(33(30,31)26-13-2-3-14-26)16-18(22)9-12-23(28)25-19-6-4-7-20(17-19)27-15-5-8-24(27)29/h4,6-7,10-11,16-17H,2-3,5,8-9,12-15H2,1H3,(H,25,28). The Morgan fingerprint density at radius 2 is 1.85 bits per heavy atom. The van der Waals surface area contributed by atoms with Crippen molar-refractivity contribution in [2.45, 2.75) is 43.4 Å². The second-order valence-electron chi connectivity index (χ2n) is 8.33. The molecule has 2 heterocycles. The van der Waals surface area contributed by atoms with Crippen LogP contribution in [0.25, 0.3) is 0 Å². The summed E-state index contributed by atoms with van der Waals surface area (Å²) in [4.78, 5) is 26.6. The normalized spacial score (nSPS) is 16.9. The van der Waals surface area contributed by atoms with Gasteiger partial charge >= 0.3 is 0 Å². The molecule has 0 atom stereocenters. The number of carbonyl (C=O) groups excluding carboxylic acids is 2. The van der Waals surface area contributed by atoms with Gasteiger partial charge < -0.3 is 15.0 Å². The summed E-state index contributed by atoms with van der Waals surface area (Å²) in [6.07, 6.45) is 3.62. The minimum Gasteiger partial charge on any atom is -0.496 e. The zero-order valence-electron chi connectivity index (χ0n) is 18.7. The number of carbonyl (C=O) groups is 2. The Balaban J connectivity index is 1.43. The number of benzene rings is 2. The predicted molar refractivity (Wildman–Crippen MR) is 126 cm³/mol. The van der Waals surface area contributed by atoms with Crippen LogP contribution in [0.5, 0.6) is 5.75 Å². The Morgan fingerprint density at radius 3 is 2.55 bits per heavy atom. The van der Waals surface area contributed by atoms with E-state index < -0.39 is 10.0 Å². The summed E-state index contributed by atoms with van der Waals surface area (Å²) < 4.78 is 32.7. The molecule has 0 aromatic heterocycles. The van der Waals surface area contributed by atoms with Crippen molar-refractivity contribution in [2.75, 3.05) is 37.0 Å². The van der Waals surface area contributed by atoms with Crippen molar-refractivity contribution in [1.29, 1.82) is 0 Å². The van der Waals surface area contributed by atoms with E-state index in [0.29, 0.717) is 49.5 Å². The second-order valence-corrected chi connectivity index (χ2v) is 10.3. The SMILES string of the molecule is COc1ccc(S(=O)(=O)N2CCCC2)cc1CCC(=O)Nc1cccc(N2CCCC2=O)c1. The van der Waals surface area contributed by atoms with Gasteiger partial charge in [-0.25, -0.2) is 8.42 Å². The molecule has 2 aliphatic rings. The Morgan fingerprint density at radius 1 is 1.06 bits per heavy atom. The van der Waals surface area contributed by atoms with E-state index in [9.17, 15) is 18.0 Å². The van der Waals surface area contributed by atoms with Crippen molar-refractivity contribution in [3.63, 3.8) is 0 Å². The van der Waals surface area contributed by atoms with E-state index in [-0.39, 0.29) is 23.1 Å². The first kappa shape index (κ1) is 23.3. The fraction of sp³-hybridized carbons (Fsp3) is 0.417. The average Bonchev–Trinajstić information content (AvgIpc) is 3.50. The molecule has 2 aromatic rings. The van der Waals surface area contributed by atoms with Crippen LogP contribution in [0.4, 0.5) is 11.4 Å². The van der Waals surface area contributed by atoms with E-state index in [1.54, 1.807) is 35.2 Å². The molecule has 33 heavy (non-hydrogen) atoms. The molecule has 2 saturated heterocycles. The van der Waals surface area contributed by atoms with Gasteiger partial charge in [-0.05, 0) is 67.6 Å². The molecular weight excluding hydrogens is 442 g/mol. The smallest absolute Gasteiger partial charge is 0.243 e. The van der Waals surface area contributed by atoms with E-state index in [0.717, 1.165) is 24.9 Å². The van der Waals surface area contributed by atoms with Crippen molar-refractivity contribution < 1.29 is 22.7 Å². The van der Waals surface area contributed by atoms with Crippen molar-refractivity contribution in [2.24, 2.45) is 0 Å². The summed E-state index contributed by atoms with van der Waals surface area (Å²) in [6, 6.07) is 12.1. The topological polar surface area (TPSA) is 96.0 Å². The van der Waals surface area contributed by atoms with E-state index in [1.165, 1.54) is 11.4 Å². The van der Waals surface area contributed by atoms with E-state index in [1.807, 2.05) is 12.1 Å². The van der Waals surface area contributed by atoms with Gasteiger partial charge in [0.05, 0.1) is 12.0 Å². The van der Waals surface area contributed by atoms with Gasteiger partial charge in [-0.2, -0.15) is 4.31 Å². The molecule has 4 rings (SSSR count). The summed E-state index contributed by atoms with van der Waals surface area (Å²) in [5.74, 6) is 0.446. The molecule has 2 aliphatic heterocycles. The lowest BCUT2D eigenvalue weighted by molar-refractivity contribution is -0.117. The van der Waals surface area contributed by atoms with Gasteiger partial charge in [-0.3, -0.25) is 9.59 Å². The van der Waals surface area contributed by atoms with Crippen LogP contribution in [0, 0.1) is 0 Å². The van der Waals surface area contributed by atoms with Crippen LogP contribution in [-0.2, 0) is 26.0 Å². The van der Waals surface area contributed by atoms with Gasteiger partial charge in [0.2, 0.25) is 21.8 Å². The fourth-order valence-corrected chi connectivity index (χ4v) is 5.90. The highest BCUT2D eigenvalue weighted by molar-refractivity contribution is 7.89. The second kappa shape index (κ2) is 9.93. The quantitative estimate of drug-likeness (QED) is 0.638. The lowest BCUT2D eigenvalue weighted by Crippen LogP contribution is -2.28. The van der Waals surface area contributed by atoms with Crippen molar-refractivity contribution in [3.8, 4) is 5.75 Å². The third kappa shape index (κ3) is 5.20. The van der Waals surface area contributed by atoms with Gasteiger partial charge in [-0.15, -0.1) is 0 Å². The molecule has 0 bridgehead atoms. The largest absolute Gasteiger partial charge is 0.496 e. The number of aryl methyl sites for hydroxylation is 1. The Labute approximate surface area is 194 Å². The van der Waals surface area contributed by atoms with Crippen molar-refractivity contribution in [1.82, 2.24) is 4.31 Å². The maximum Gasteiger partial charge on any atom is 0.243 e. The van der Waals surface area contributed by atoms with Gasteiger partial charge in [0, 0.05) is 43.9 Å². The monoisotopic (exact) mass is 471 g/mol. The maximum absolute atomic E-state index is 12.9. The predicted octanol–water partition coefficient (Wildman–Crippen LogP) is 3.18. The fourth-order valence-electron chi connectivity index (χ4n) is 4.33. The zero-order valence-corrected chi connectivity index (χ0v) is 19.6. The first-order chi connectivity index (χ1) is 15.9. The Kier molecular flexibility index (Phi) is 6.99. The number of sulfonamides is 1. The number of hydrogen-bond acceptors (Lipinski definition) is 5. The zero-order chi connectivity index (χ0) is 23.4. The molecule has 0 spiro atoms. The highest BCUT2D eigenvalue weighted by Gasteiger charge is 2.28. The Bertz CT molecular complexity index is 1140. The number of nitrogens with one attached hydrogen (secondary N) is 1. The summed E-state index contributed by atoms with van der Waals surface area (Å²) >= 11 is 0. The Hall–Kier alpha value is -2.91. The number of anilines is 2. The van der Waals surface area contributed by atoms with Crippen LogP contribution in [0.2, 0.25) is 0 Å². The van der Waals surface area contributed by atoms with Gasteiger partial charge in [0.1, 0.15) is 5.75 Å². The van der Waals surface area contributed by atoms with E-state index in [2.05, 4.69) is 5.32 Å². The van der Waals surface area contributed by atoms with Crippen LogP contribution in [0.3, 0.4) is 0 Å². The van der Waals surface area contributed by atoms with Gasteiger partial charge in [-0.1, -0.05) is 6.07 Å². The van der Waals surface area contributed by atoms with Crippen LogP contribution in [-0.4, -0.2) is 51.3 Å². The van der Waals surface area contributed by atoms with Crippen LogP contribution in [0.1, 0.15) is 37.7 Å². The minimum atomic E-state index is -3.55. The van der Waals surface area contributed by atoms with Crippen LogP contribution in [0.15, 0.2) is 47.4 Å². The highest BCUT2D eigenvalue weighted by atomic mass is 32.2. The van der Waals surface area contributed by atoms with E-state index in [4.69, 9.17) is 4.74 Å². The molecule has 0 aliphatic carbocycles. The molecule has 0 unspecified atom stereocenters. The highest BCUT2D eigenvalue weighted by Crippen LogP contribution is 2.28. The molecule has 2 amide bonds. The van der Waals surface area contributed by atoms with Crippen LogP contribution >= 0.6 is 0 Å². The molecule has 2 aromatic carbocycles. The number of amides is 2. The summed E-state index contributed by atoms with van der Waals surface area (Å²) in [5, 5.41) is 2.87. The number of rotatable bonds is 8. The maximum atomic E-state index is 12.9. The van der Waals surface area contributed by atoms with E-state index >= 15 is 0 Å². The van der Waals surface area contributed by atoms with Crippen LogP contribution < -0.4 is 15.0 Å². The minimum absolute atomic E-state index is 0.0920. The lowest BCUT2D eigenvalue weighted by Gasteiger charge is -2.17. The number of nitrogens with zero attached hydrogens (tertiary/aromatic N) is 2. The molecule has 2 fully saturated rings. The molecule has 0 saturated carbocycles. The molecule has 9 heteroatoms. The van der Waals surface area contributed by atoms with Crippen molar-refractivity contribution in [3.05, 3.63) is 48.0 Å². The summed E-state index contributed by atoms with van der Waals surface area (Å²) in [5.41, 5.74) is 2.07. The van der Waals surface area contributed by atoms with Crippen molar-refractivity contribution >= 4 is 33.2 Å². The average molecular weight is 472 g/mol. The first-order valence-electron chi connectivity index (χ1n) is 11.3. The molecule has 8 nitrogen and oxygen atoms in total. The summed E-state index contributed by atoms with van der Waals surface area (Å²) in [6.45, 7) is 1.76. The first-order valence-corrected chi connectivity index (χ1v) is 12.7. The number of hydrogen-bond donors (Lipinski definition) is 1. The van der Waals surface area contributed by atoms with Gasteiger partial charge in [0.15, 0.2) is 0 Å². The third-order valence-corrected chi connectivity index (χ3v) is 7.99. The molecule has 1 N–H and O–H groups in total. The number of methoxy groups -OCH3 is 1. The third-order valence-electron chi connectivity index (χ3n) is 6.09. The van der Waals surface area contributed by atoms with Gasteiger partial charge in [0.25, 0.3) is 0 Å². The lowest BCUT2D eigenvalue weighted by atomic mass is 10.1. The molecular formula is C24H29N3O5S. The molecule has 0 radical (unpaired) electrons. The number of ether oxygens (including phenoxy) is 1.